The Kier molecular flexibility index (Phi) is 5.12. The first kappa shape index (κ1) is 20.0. The van der Waals surface area contributed by atoms with Crippen molar-refractivity contribution in [2.75, 3.05) is 33.2 Å². The van der Waals surface area contributed by atoms with Crippen LogP contribution in [-0.2, 0) is 13.6 Å². The number of aromatic nitrogens is 4. The first-order valence-electron chi connectivity index (χ1n) is 11.0. The first-order valence-corrected chi connectivity index (χ1v) is 11.0. The van der Waals surface area contributed by atoms with Gasteiger partial charge in [-0.05, 0) is 38.1 Å². The van der Waals surface area contributed by atoms with E-state index >= 15 is 0 Å². The number of H-pyrrole nitrogens is 1. The quantitative estimate of drug-likeness (QED) is 0.549. The van der Waals surface area contributed by atoms with Gasteiger partial charge in [-0.1, -0.05) is 24.3 Å². The average Bonchev–Trinajstić information content (AvgIpc) is 3.29. The van der Waals surface area contributed by atoms with Crippen LogP contribution in [0.5, 0.6) is 0 Å². The highest BCUT2D eigenvalue weighted by Crippen LogP contribution is 2.34. The molecule has 0 bridgehead atoms. The number of aryl methyl sites for hydroxylation is 2. The van der Waals surface area contributed by atoms with Crippen LogP contribution in [0.1, 0.15) is 17.0 Å². The number of benzene rings is 1. The SMILES string of the molecule is Cc1nn(C)c(C)c1-c1c[nH]c2ncc(-c3ccc(CN4CCN(C)CC4)cc3)cc12. The van der Waals surface area contributed by atoms with Crippen LogP contribution in [0.4, 0.5) is 0 Å². The molecule has 0 spiro atoms. The van der Waals surface area contributed by atoms with Crippen molar-refractivity contribution < 1.29 is 0 Å². The summed E-state index contributed by atoms with van der Waals surface area (Å²) < 4.78 is 1.94. The molecule has 0 saturated carbocycles. The van der Waals surface area contributed by atoms with Crippen molar-refractivity contribution in [3.05, 3.63) is 59.7 Å². The second-order valence-electron chi connectivity index (χ2n) is 8.77. The number of rotatable bonds is 4. The van der Waals surface area contributed by atoms with E-state index in [1.807, 2.05) is 17.9 Å². The molecule has 31 heavy (non-hydrogen) atoms. The Balaban J connectivity index is 1.43. The van der Waals surface area contributed by atoms with Gasteiger partial charge in [0, 0.05) is 79.9 Å². The zero-order valence-corrected chi connectivity index (χ0v) is 18.8. The maximum atomic E-state index is 4.70. The molecule has 160 valence electrons. The zero-order chi connectivity index (χ0) is 21.5. The normalized spacial score (nSPS) is 15.7. The molecule has 3 aromatic heterocycles. The smallest absolute Gasteiger partial charge is 0.137 e. The highest BCUT2D eigenvalue weighted by atomic mass is 15.3. The van der Waals surface area contributed by atoms with Gasteiger partial charge in [-0.2, -0.15) is 5.10 Å². The lowest BCUT2D eigenvalue weighted by molar-refractivity contribution is 0.148. The molecule has 0 radical (unpaired) electrons. The summed E-state index contributed by atoms with van der Waals surface area (Å²) in [5.74, 6) is 0. The second-order valence-corrected chi connectivity index (χ2v) is 8.77. The lowest BCUT2D eigenvalue weighted by Gasteiger charge is -2.32. The molecule has 1 N–H and O–H groups in total. The molecule has 6 nitrogen and oxygen atoms in total. The number of hydrogen-bond acceptors (Lipinski definition) is 4. The van der Waals surface area contributed by atoms with Crippen LogP contribution in [0, 0.1) is 13.8 Å². The standard InChI is InChI=1S/C25H30N6/c1-17-24(18(2)30(4)28-17)23-15-27-25-22(23)13-21(14-26-25)20-7-5-19(6-8-20)16-31-11-9-29(3)10-12-31/h5-8,13-15H,9-12,16H2,1-4H3,(H,26,27). The third kappa shape index (κ3) is 3.77. The Hall–Kier alpha value is -2.96. The van der Waals surface area contributed by atoms with Crippen molar-refractivity contribution in [2.24, 2.45) is 7.05 Å². The molecule has 5 rings (SSSR count). The molecule has 4 heterocycles. The van der Waals surface area contributed by atoms with E-state index in [0.29, 0.717) is 0 Å². The van der Waals surface area contributed by atoms with Gasteiger partial charge < -0.3 is 9.88 Å². The largest absolute Gasteiger partial charge is 0.346 e. The summed E-state index contributed by atoms with van der Waals surface area (Å²) in [5.41, 5.74) is 9.17. The molecule has 1 aliphatic rings. The van der Waals surface area contributed by atoms with E-state index < -0.39 is 0 Å². The summed E-state index contributed by atoms with van der Waals surface area (Å²) in [6.45, 7) is 9.79. The van der Waals surface area contributed by atoms with Gasteiger partial charge in [0.05, 0.1) is 5.69 Å². The summed E-state index contributed by atoms with van der Waals surface area (Å²) in [6.07, 6.45) is 4.01. The van der Waals surface area contributed by atoms with Gasteiger partial charge >= 0.3 is 0 Å². The van der Waals surface area contributed by atoms with Gasteiger partial charge in [0.2, 0.25) is 0 Å². The topological polar surface area (TPSA) is 53.0 Å². The number of pyridine rings is 1. The van der Waals surface area contributed by atoms with Crippen LogP contribution >= 0.6 is 0 Å². The third-order valence-electron chi connectivity index (χ3n) is 6.60. The van der Waals surface area contributed by atoms with E-state index in [4.69, 9.17) is 4.98 Å². The van der Waals surface area contributed by atoms with Gasteiger partial charge in [0.25, 0.3) is 0 Å². The molecule has 1 fully saturated rings. The maximum Gasteiger partial charge on any atom is 0.137 e. The molecule has 0 atom stereocenters. The fourth-order valence-electron chi connectivity index (χ4n) is 4.60. The number of nitrogens with one attached hydrogen (secondary N) is 1. The molecule has 0 amide bonds. The number of hydrogen-bond donors (Lipinski definition) is 1. The van der Waals surface area contributed by atoms with E-state index in [-0.39, 0.29) is 0 Å². The number of fused-ring (bicyclic) bond motifs is 1. The predicted molar refractivity (Wildman–Crippen MR) is 126 cm³/mol. The zero-order valence-electron chi connectivity index (χ0n) is 18.8. The number of likely N-dealkylation sites (N-methyl/N-ethyl adjacent to an activating group) is 1. The Morgan fingerprint density at radius 3 is 2.39 bits per heavy atom. The van der Waals surface area contributed by atoms with Gasteiger partial charge in [-0.25, -0.2) is 4.98 Å². The van der Waals surface area contributed by atoms with Gasteiger partial charge in [-0.15, -0.1) is 0 Å². The van der Waals surface area contributed by atoms with Crippen LogP contribution in [0.15, 0.2) is 42.7 Å². The maximum absolute atomic E-state index is 4.70. The van der Waals surface area contributed by atoms with Crippen LogP contribution in [0.2, 0.25) is 0 Å². The van der Waals surface area contributed by atoms with E-state index in [2.05, 4.69) is 77.3 Å². The lowest BCUT2D eigenvalue weighted by atomic mass is 10.0. The predicted octanol–water partition coefficient (Wildman–Crippen LogP) is 3.99. The van der Waals surface area contributed by atoms with Crippen LogP contribution in [0.25, 0.3) is 33.3 Å². The molecule has 1 aromatic carbocycles. The van der Waals surface area contributed by atoms with Crippen molar-refractivity contribution in [2.45, 2.75) is 20.4 Å². The number of nitrogens with zero attached hydrogens (tertiary/aromatic N) is 5. The molecule has 0 unspecified atom stereocenters. The Labute approximate surface area is 183 Å². The van der Waals surface area contributed by atoms with Gasteiger partial charge in [-0.3, -0.25) is 9.58 Å². The number of piperazine rings is 1. The minimum Gasteiger partial charge on any atom is -0.346 e. The Morgan fingerprint density at radius 1 is 0.968 bits per heavy atom. The molecular weight excluding hydrogens is 384 g/mol. The number of aromatic amines is 1. The highest BCUT2D eigenvalue weighted by molar-refractivity contribution is 5.96. The van der Waals surface area contributed by atoms with Crippen molar-refractivity contribution in [3.63, 3.8) is 0 Å². The third-order valence-corrected chi connectivity index (χ3v) is 6.60. The molecule has 6 heteroatoms. The van der Waals surface area contributed by atoms with Crippen LogP contribution < -0.4 is 0 Å². The van der Waals surface area contributed by atoms with Crippen molar-refractivity contribution in [1.82, 2.24) is 29.5 Å². The fourth-order valence-corrected chi connectivity index (χ4v) is 4.60. The molecule has 1 aliphatic heterocycles. The Morgan fingerprint density at radius 2 is 1.71 bits per heavy atom. The monoisotopic (exact) mass is 414 g/mol. The summed E-state index contributed by atoms with van der Waals surface area (Å²) in [5, 5.41) is 5.73. The highest BCUT2D eigenvalue weighted by Gasteiger charge is 2.17. The van der Waals surface area contributed by atoms with Gasteiger partial charge in [0.1, 0.15) is 5.65 Å². The molecule has 0 aliphatic carbocycles. The van der Waals surface area contributed by atoms with Crippen LogP contribution in [0.3, 0.4) is 0 Å². The summed E-state index contributed by atoms with van der Waals surface area (Å²) in [6, 6.07) is 11.2. The van der Waals surface area contributed by atoms with E-state index in [1.54, 1.807) is 0 Å². The fraction of sp³-hybridized carbons (Fsp3) is 0.360. The summed E-state index contributed by atoms with van der Waals surface area (Å²) in [7, 11) is 4.19. The average molecular weight is 415 g/mol. The van der Waals surface area contributed by atoms with Crippen LogP contribution in [-0.4, -0.2) is 62.8 Å². The second kappa shape index (κ2) is 7.94. The minimum atomic E-state index is 0.910. The van der Waals surface area contributed by atoms with E-state index in [1.165, 1.54) is 22.3 Å². The summed E-state index contributed by atoms with van der Waals surface area (Å²) in [4.78, 5) is 13.0. The van der Waals surface area contributed by atoms with Crippen molar-refractivity contribution in [3.8, 4) is 22.3 Å². The Bertz CT molecular complexity index is 1210. The first-order chi connectivity index (χ1) is 15.0. The summed E-state index contributed by atoms with van der Waals surface area (Å²) >= 11 is 0. The molecule has 1 saturated heterocycles. The van der Waals surface area contributed by atoms with Crippen molar-refractivity contribution >= 4 is 11.0 Å². The molecular formula is C25H30N6. The minimum absolute atomic E-state index is 0.910. The van der Waals surface area contributed by atoms with Gasteiger partial charge in [0.15, 0.2) is 0 Å². The molecule has 4 aromatic rings. The van der Waals surface area contributed by atoms with Crippen molar-refractivity contribution in [1.29, 1.82) is 0 Å². The van der Waals surface area contributed by atoms with E-state index in [0.717, 1.165) is 60.7 Å². The lowest BCUT2D eigenvalue weighted by Crippen LogP contribution is -2.43. The van der Waals surface area contributed by atoms with E-state index in [9.17, 15) is 0 Å².